The molecule has 0 spiro atoms. The summed E-state index contributed by atoms with van der Waals surface area (Å²) in [7, 11) is -2.24. The van der Waals surface area contributed by atoms with E-state index in [0.29, 0.717) is 22.1 Å². The lowest BCUT2D eigenvalue weighted by Crippen LogP contribution is -2.14. The molecule has 31 heavy (non-hydrogen) atoms. The van der Waals surface area contributed by atoms with Crippen LogP contribution in [0.3, 0.4) is 0 Å². The number of anilines is 2. The minimum absolute atomic E-state index is 0.0643. The van der Waals surface area contributed by atoms with Crippen molar-refractivity contribution < 1.29 is 17.9 Å². The number of ether oxygens (including phenoxy) is 1. The van der Waals surface area contributed by atoms with Crippen LogP contribution in [0.25, 0.3) is 6.08 Å². The number of para-hydroxylation sites is 1. The Labute approximate surface area is 186 Å². The van der Waals surface area contributed by atoms with Crippen molar-refractivity contribution in [3.63, 3.8) is 0 Å². The summed E-state index contributed by atoms with van der Waals surface area (Å²) < 4.78 is 33.1. The van der Waals surface area contributed by atoms with Gasteiger partial charge in [-0.2, -0.15) is 0 Å². The maximum Gasteiger partial charge on any atom is 0.261 e. The Balaban J connectivity index is 1.68. The van der Waals surface area contributed by atoms with E-state index >= 15 is 0 Å². The average Bonchev–Trinajstić information content (AvgIpc) is 2.75. The van der Waals surface area contributed by atoms with Crippen molar-refractivity contribution >= 4 is 45.0 Å². The Bertz CT molecular complexity index is 1220. The number of carbonyl (C=O) groups excluding carboxylic acids is 1. The normalized spacial score (nSPS) is 11.3. The number of nitrogens with one attached hydrogen (secondary N) is 2. The molecule has 0 heterocycles. The molecule has 8 heteroatoms. The van der Waals surface area contributed by atoms with Crippen LogP contribution in [-0.2, 0) is 14.8 Å². The van der Waals surface area contributed by atoms with Gasteiger partial charge in [-0.3, -0.25) is 9.52 Å². The number of amides is 1. The van der Waals surface area contributed by atoms with Crippen LogP contribution in [0.15, 0.2) is 77.7 Å². The van der Waals surface area contributed by atoms with Gasteiger partial charge in [0, 0.05) is 22.3 Å². The average molecular weight is 457 g/mol. The fourth-order valence-electron chi connectivity index (χ4n) is 2.78. The van der Waals surface area contributed by atoms with Crippen LogP contribution in [0.5, 0.6) is 5.75 Å². The van der Waals surface area contributed by atoms with E-state index in [1.165, 1.54) is 30.3 Å². The third-order valence-corrected chi connectivity index (χ3v) is 6.05. The first-order valence-corrected chi connectivity index (χ1v) is 11.2. The number of hydrogen-bond donors (Lipinski definition) is 2. The largest absolute Gasteiger partial charge is 0.496 e. The predicted molar refractivity (Wildman–Crippen MR) is 124 cm³/mol. The highest BCUT2D eigenvalue weighted by atomic mass is 35.5. The Kier molecular flexibility index (Phi) is 6.99. The lowest BCUT2D eigenvalue weighted by molar-refractivity contribution is -0.111. The van der Waals surface area contributed by atoms with Gasteiger partial charge in [0.05, 0.1) is 17.7 Å². The van der Waals surface area contributed by atoms with E-state index in [0.717, 1.165) is 11.1 Å². The number of hydrogen-bond acceptors (Lipinski definition) is 4. The van der Waals surface area contributed by atoms with Crippen molar-refractivity contribution in [1.29, 1.82) is 0 Å². The Morgan fingerprint density at radius 3 is 2.45 bits per heavy atom. The van der Waals surface area contributed by atoms with Crippen LogP contribution < -0.4 is 14.8 Å². The molecule has 2 N–H and O–H groups in total. The standard InChI is InChI=1S/C23H21ClN2O4S/c1-16-7-9-18(24)15-21(16)26-31(28,29)20-12-10-19(11-13-20)25-23(27)14-8-17-5-3-4-6-22(17)30-2/h3-15,26H,1-2H3,(H,25,27). The lowest BCUT2D eigenvalue weighted by Gasteiger charge is -2.11. The summed E-state index contributed by atoms with van der Waals surface area (Å²) in [6.45, 7) is 1.78. The van der Waals surface area contributed by atoms with Gasteiger partial charge in [0.1, 0.15) is 5.75 Å². The van der Waals surface area contributed by atoms with Crippen LogP contribution in [-0.4, -0.2) is 21.4 Å². The van der Waals surface area contributed by atoms with Crippen molar-refractivity contribution in [3.8, 4) is 5.75 Å². The molecular weight excluding hydrogens is 436 g/mol. The maximum atomic E-state index is 12.7. The predicted octanol–water partition coefficient (Wildman–Crippen LogP) is 5.11. The highest BCUT2D eigenvalue weighted by molar-refractivity contribution is 7.92. The smallest absolute Gasteiger partial charge is 0.261 e. The van der Waals surface area contributed by atoms with Gasteiger partial charge in [-0.15, -0.1) is 0 Å². The van der Waals surface area contributed by atoms with Crippen molar-refractivity contribution in [1.82, 2.24) is 0 Å². The zero-order chi connectivity index (χ0) is 22.4. The van der Waals surface area contributed by atoms with Gasteiger partial charge in [-0.25, -0.2) is 8.42 Å². The SMILES string of the molecule is COc1ccccc1C=CC(=O)Nc1ccc(S(=O)(=O)Nc2cc(Cl)ccc2C)cc1. The van der Waals surface area contributed by atoms with Crippen LogP contribution in [0.2, 0.25) is 5.02 Å². The van der Waals surface area contributed by atoms with Gasteiger partial charge in [0.25, 0.3) is 10.0 Å². The molecule has 0 saturated carbocycles. The molecule has 0 unspecified atom stereocenters. The van der Waals surface area contributed by atoms with Crippen molar-refractivity contribution in [3.05, 3.63) is 89.0 Å². The van der Waals surface area contributed by atoms with Crippen molar-refractivity contribution in [2.75, 3.05) is 17.1 Å². The van der Waals surface area contributed by atoms with E-state index in [9.17, 15) is 13.2 Å². The van der Waals surface area contributed by atoms with E-state index in [4.69, 9.17) is 16.3 Å². The van der Waals surface area contributed by atoms with Gasteiger partial charge in [-0.05, 0) is 61.0 Å². The van der Waals surface area contributed by atoms with Crippen molar-refractivity contribution in [2.45, 2.75) is 11.8 Å². The molecular formula is C23H21ClN2O4S. The molecule has 6 nitrogen and oxygen atoms in total. The monoisotopic (exact) mass is 456 g/mol. The van der Waals surface area contributed by atoms with Gasteiger partial charge < -0.3 is 10.1 Å². The van der Waals surface area contributed by atoms with Crippen LogP contribution in [0, 0.1) is 6.92 Å². The molecule has 0 saturated heterocycles. The van der Waals surface area contributed by atoms with Crippen LogP contribution in [0.4, 0.5) is 11.4 Å². The second kappa shape index (κ2) is 9.68. The highest BCUT2D eigenvalue weighted by Crippen LogP contribution is 2.24. The van der Waals surface area contributed by atoms with Gasteiger partial charge >= 0.3 is 0 Å². The molecule has 160 valence electrons. The third kappa shape index (κ3) is 5.87. The summed E-state index contributed by atoms with van der Waals surface area (Å²) in [5.41, 5.74) is 2.39. The minimum Gasteiger partial charge on any atom is -0.496 e. The summed E-state index contributed by atoms with van der Waals surface area (Å²) in [5, 5.41) is 3.13. The number of sulfonamides is 1. The second-order valence-electron chi connectivity index (χ2n) is 6.65. The van der Waals surface area contributed by atoms with E-state index in [1.54, 1.807) is 44.4 Å². The Morgan fingerprint density at radius 1 is 1.03 bits per heavy atom. The first kappa shape index (κ1) is 22.4. The summed E-state index contributed by atoms with van der Waals surface area (Å²) in [6.07, 6.45) is 3.02. The molecule has 1 amide bonds. The molecule has 3 rings (SSSR count). The molecule has 0 fully saturated rings. The molecule has 3 aromatic carbocycles. The van der Waals surface area contributed by atoms with E-state index in [-0.39, 0.29) is 10.8 Å². The first-order chi connectivity index (χ1) is 14.8. The highest BCUT2D eigenvalue weighted by Gasteiger charge is 2.15. The Morgan fingerprint density at radius 2 is 1.74 bits per heavy atom. The van der Waals surface area contributed by atoms with Crippen LogP contribution in [0.1, 0.15) is 11.1 Å². The zero-order valence-electron chi connectivity index (χ0n) is 16.9. The number of carbonyl (C=O) groups is 1. The molecule has 0 atom stereocenters. The summed E-state index contributed by atoms with van der Waals surface area (Å²) in [4.78, 5) is 12.3. The van der Waals surface area contributed by atoms with Crippen molar-refractivity contribution in [2.24, 2.45) is 0 Å². The molecule has 0 aliphatic rings. The lowest BCUT2D eigenvalue weighted by atomic mass is 10.2. The van der Waals surface area contributed by atoms with E-state index in [1.807, 2.05) is 18.2 Å². The van der Waals surface area contributed by atoms with Gasteiger partial charge in [0.2, 0.25) is 5.91 Å². The fourth-order valence-corrected chi connectivity index (χ4v) is 4.07. The van der Waals surface area contributed by atoms with E-state index in [2.05, 4.69) is 10.0 Å². The molecule has 0 aliphatic heterocycles. The number of rotatable bonds is 7. The molecule has 0 aliphatic carbocycles. The summed E-state index contributed by atoms with van der Waals surface area (Å²) in [6, 6.07) is 18.2. The number of methoxy groups -OCH3 is 1. The number of aryl methyl sites for hydroxylation is 1. The van der Waals surface area contributed by atoms with Gasteiger partial charge in [-0.1, -0.05) is 35.9 Å². The maximum absolute atomic E-state index is 12.7. The summed E-state index contributed by atoms with van der Waals surface area (Å²) in [5.74, 6) is 0.303. The molecule has 3 aromatic rings. The van der Waals surface area contributed by atoms with E-state index < -0.39 is 10.0 Å². The quantitative estimate of drug-likeness (QED) is 0.484. The summed E-state index contributed by atoms with van der Waals surface area (Å²) >= 11 is 5.96. The molecule has 0 aromatic heterocycles. The number of halogens is 1. The topological polar surface area (TPSA) is 84.5 Å². The van der Waals surface area contributed by atoms with Gasteiger partial charge in [0.15, 0.2) is 0 Å². The first-order valence-electron chi connectivity index (χ1n) is 9.29. The number of benzene rings is 3. The second-order valence-corrected chi connectivity index (χ2v) is 8.77. The zero-order valence-corrected chi connectivity index (χ0v) is 18.5. The van der Waals surface area contributed by atoms with Crippen LogP contribution >= 0.6 is 11.6 Å². The molecule has 0 radical (unpaired) electrons. The fraction of sp³-hybridized carbons (Fsp3) is 0.0870. The third-order valence-electron chi connectivity index (χ3n) is 4.43. The molecule has 0 bridgehead atoms. The minimum atomic E-state index is -3.80. The Hall–Kier alpha value is -3.29.